The van der Waals surface area contributed by atoms with Crippen LogP contribution in [0.5, 0.6) is 0 Å². The first-order chi connectivity index (χ1) is 20.1. The van der Waals surface area contributed by atoms with E-state index >= 15 is 0 Å². The van der Waals surface area contributed by atoms with Crippen LogP contribution in [0, 0.1) is 5.41 Å². The van der Waals surface area contributed by atoms with Gasteiger partial charge in [0.2, 0.25) is 0 Å². The molecule has 0 aliphatic carbocycles. The van der Waals surface area contributed by atoms with Crippen molar-refractivity contribution >= 4 is 41.3 Å². The molecule has 0 aliphatic heterocycles. The molecule has 5 aromatic rings. The summed E-state index contributed by atoms with van der Waals surface area (Å²) >= 11 is 0. The SMILES string of the molecule is C=Cc1c(-c2cccc(CC)c2)ccc(-c2c(C=C)c(C=C)c(-c3ccccc3)c3ccccc23)c1C=C.CC=N. The number of nitrogens with one attached hydrogen (secondary N) is 1. The monoisotopic (exact) mass is 531 g/mol. The van der Waals surface area contributed by atoms with Crippen LogP contribution in [0.25, 0.3) is 68.5 Å². The number of benzene rings is 5. The van der Waals surface area contributed by atoms with Crippen LogP contribution >= 0.6 is 0 Å². The molecule has 0 bridgehead atoms. The van der Waals surface area contributed by atoms with Crippen LogP contribution in [0.2, 0.25) is 0 Å². The van der Waals surface area contributed by atoms with Crippen LogP contribution in [0.4, 0.5) is 0 Å². The quantitative estimate of drug-likeness (QED) is 0.193. The van der Waals surface area contributed by atoms with Gasteiger partial charge < -0.3 is 5.41 Å². The summed E-state index contributed by atoms with van der Waals surface area (Å²) in [6.07, 6.45) is 10.1. The highest BCUT2D eigenvalue weighted by atomic mass is 14.3. The summed E-state index contributed by atoms with van der Waals surface area (Å²) in [7, 11) is 0. The van der Waals surface area contributed by atoms with Crippen molar-refractivity contribution < 1.29 is 0 Å². The van der Waals surface area contributed by atoms with Crippen LogP contribution in [0.1, 0.15) is 41.7 Å². The molecule has 0 heterocycles. The van der Waals surface area contributed by atoms with Gasteiger partial charge in [-0.3, -0.25) is 0 Å². The number of fused-ring (bicyclic) bond motifs is 1. The zero-order valence-corrected chi connectivity index (χ0v) is 24.1. The molecule has 0 saturated carbocycles. The Morgan fingerprint density at radius 2 is 1.05 bits per heavy atom. The average molecular weight is 532 g/mol. The molecular formula is C40H37N. The number of rotatable bonds is 8. The Morgan fingerprint density at radius 1 is 0.561 bits per heavy atom. The Morgan fingerprint density at radius 3 is 1.63 bits per heavy atom. The fourth-order valence-corrected chi connectivity index (χ4v) is 5.61. The topological polar surface area (TPSA) is 23.9 Å². The average Bonchev–Trinajstić information content (AvgIpc) is 3.03. The zero-order chi connectivity index (χ0) is 29.4. The fraction of sp³-hybridized carbons (Fsp3) is 0.0750. The second-order valence-electron chi connectivity index (χ2n) is 9.64. The molecule has 0 saturated heterocycles. The van der Waals surface area contributed by atoms with E-state index in [9.17, 15) is 0 Å². The van der Waals surface area contributed by atoms with Gasteiger partial charge in [-0.25, -0.2) is 0 Å². The van der Waals surface area contributed by atoms with Crippen LogP contribution in [0.15, 0.2) is 117 Å². The molecule has 0 amide bonds. The summed E-state index contributed by atoms with van der Waals surface area (Å²) in [5, 5.41) is 8.44. The zero-order valence-electron chi connectivity index (χ0n) is 24.1. The molecule has 0 aromatic heterocycles. The van der Waals surface area contributed by atoms with Gasteiger partial charge in [0, 0.05) is 0 Å². The summed E-state index contributed by atoms with van der Waals surface area (Å²) in [6, 6.07) is 32.3. The molecule has 0 unspecified atom stereocenters. The highest BCUT2D eigenvalue weighted by molar-refractivity contribution is 6.12. The molecule has 0 atom stereocenters. The molecular weight excluding hydrogens is 494 g/mol. The number of hydrogen-bond acceptors (Lipinski definition) is 1. The van der Waals surface area contributed by atoms with Crippen molar-refractivity contribution in [1.82, 2.24) is 0 Å². The van der Waals surface area contributed by atoms with Gasteiger partial charge in [0.25, 0.3) is 0 Å². The van der Waals surface area contributed by atoms with E-state index < -0.39 is 0 Å². The van der Waals surface area contributed by atoms with Gasteiger partial charge in [0.05, 0.1) is 0 Å². The molecule has 0 spiro atoms. The fourth-order valence-electron chi connectivity index (χ4n) is 5.61. The summed E-state index contributed by atoms with van der Waals surface area (Å²) in [5.74, 6) is 0. The first-order valence-corrected chi connectivity index (χ1v) is 13.9. The van der Waals surface area contributed by atoms with E-state index in [0.29, 0.717) is 0 Å². The normalized spacial score (nSPS) is 10.3. The Bertz CT molecular complexity index is 1750. The predicted octanol–water partition coefficient (Wildman–Crippen LogP) is 11.6. The second-order valence-corrected chi connectivity index (χ2v) is 9.64. The molecule has 0 aliphatic rings. The van der Waals surface area contributed by atoms with Crippen molar-refractivity contribution in [3.05, 3.63) is 145 Å². The van der Waals surface area contributed by atoms with Crippen molar-refractivity contribution in [3.8, 4) is 33.4 Å². The van der Waals surface area contributed by atoms with Gasteiger partial charge in [-0.15, -0.1) is 0 Å². The van der Waals surface area contributed by atoms with E-state index in [-0.39, 0.29) is 0 Å². The molecule has 1 heteroatoms. The molecule has 1 nitrogen and oxygen atoms in total. The van der Waals surface area contributed by atoms with E-state index in [1.807, 2.05) is 30.4 Å². The lowest BCUT2D eigenvalue weighted by Gasteiger charge is -2.22. The summed E-state index contributed by atoms with van der Waals surface area (Å²) < 4.78 is 0. The van der Waals surface area contributed by atoms with Crippen molar-refractivity contribution in [3.63, 3.8) is 0 Å². The minimum atomic E-state index is 0.996. The van der Waals surface area contributed by atoms with Crippen LogP contribution in [-0.4, -0.2) is 6.21 Å². The van der Waals surface area contributed by atoms with E-state index in [0.717, 1.165) is 50.9 Å². The Labute approximate surface area is 245 Å². The lowest BCUT2D eigenvalue weighted by atomic mass is 9.80. The molecule has 41 heavy (non-hydrogen) atoms. The maximum atomic E-state index is 6.08. The molecule has 5 aromatic carbocycles. The lowest BCUT2D eigenvalue weighted by molar-refractivity contribution is 1.14. The Hall–Kier alpha value is -5.01. The highest BCUT2D eigenvalue weighted by Crippen LogP contribution is 2.45. The standard InChI is InChI=1S/C38H32.C2H5N/c1-6-26-17-16-20-28(25-26)33-23-24-36(30(8-3)29(33)7-2)38-32(10-5)31(9-4)37(27-18-12-11-13-19-27)34-21-14-15-22-35(34)38;1-2-3/h7-25H,2-6H2,1H3;2-3H,1H3. The summed E-state index contributed by atoms with van der Waals surface area (Å²) in [5.41, 5.74) is 12.5. The van der Waals surface area contributed by atoms with Crippen LogP contribution in [-0.2, 0) is 6.42 Å². The minimum absolute atomic E-state index is 0.996. The largest absolute Gasteiger partial charge is 0.313 e. The summed E-state index contributed by atoms with van der Waals surface area (Å²) in [4.78, 5) is 0. The minimum Gasteiger partial charge on any atom is -0.313 e. The predicted molar refractivity (Wildman–Crippen MR) is 184 cm³/mol. The third kappa shape index (κ3) is 5.53. The van der Waals surface area contributed by atoms with E-state index in [1.54, 1.807) is 6.92 Å². The molecule has 1 N–H and O–H groups in total. The van der Waals surface area contributed by atoms with Gasteiger partial charge in [-0.1, -0.05) is 149 Å². The maximum absolute atomic E-state index is 6.08. The molecule has 202 valence electrons. The van der Waals surface area contributed by atoms with E-state index in [1.165, 1.54) is 33.7 Å². The number of aryl methyl sites for hydroxylation is 1. The van der Waals surface area contributed by atoms with E-state index in [2.05, 4.69) is 118 Å². The van der Waals surface area contributed by atoms with Gasteiger partial charge >= 0.3 is 0 Å². The van der Waals surface area contributed by atoms with Gasteiger partial charge in [-0.05, 0) is 91.5 Å². The lowest BCUT2D eigenvalue weighted by Crippen LogP contribution is -1.99. The maximum Gasteiger partial charge on any atom is -0.00203 e. The van der Waals surface area contributed by atoms with Crippen molar-refractivity contribution in [2.75, 3.05) is 0 Å². The van der Waals surface area contributed by atoms with E-state index in [4.69, 9.17) is 5.41 Å². The highest BCUT2D eigenvalue weighted by Gasteiger charge is 2.21. The van der Waals surface area contributed by atoms with Crippen LogP contribution in [0.3, 0.4) is 0 Å². The molecule has 5 rings (SSSR count). The van der Waals surface area contributed by atoms with Crippen molar-refractivity contribution in [1.29, 1.82) is 5.41 Å². The summed E-state index contributed by atoms with van der Waals surface area (Å²) in [6.45, 7) is 20.8. The third-order valence-electron chi connectivity index (χ3n) is 7.38. The van der Waals surface area contributed by atoms with Crippen molar-refractivity contribution in [2.45, 2.75) is 20.3 Å². The van der Waals surface area contributed by atoms with Gasteiger partial charge in [-0.2, -0.15) is 0 Å². The number of hydrogen-bond donors (Lipinski definition) is 1. The first-order valence-electron chi connectivity index (χ1n) is 13.9. The van der Waals surface area contributed by atoms with Crippen LogP contribution < -0.4 is 0 Å². The molecule has 0 fully saturated rings. The molecule has 0 radical (unpaired) electrons. The van der Waals surface area contributed by atoms with Crippen molar-refractivity contribution in [2.24, 2.45) is 0 Å². The first kappa shape index (κ1) is 29.0. The smallest absolute Gasteiger partial charge is 0.00203 e. The van der Waals surface area contributed by atoms with Gasteiger partial charge in [0.15, 0.2) is 0 Å². The Kier molecular flexibility index (Phi) is 9.45. The van der Waals surface area contributed by atoms with Gasteiger partial charge in [0.1, 0.15) is 0 Å². The Balaban J connectivity index is 0.00000124. The second kappa shape index (κ2) is 13.4. The third-order valence-corrected chi connectivity index (χ3v) is 7.38.